The second-order valence-corrected chi connectivity index (χ2v) is 9.41. The minimum absolute atomic E-state index is 1.13. The van der Waals surface area contributed by atoms with Crippen LogP contribution in [0.5, 0.6) is 0 Å². The summed E-state index contributed by atoms with van der Waals surface area (Å²) in [7, 11) is 4.38. The van der Waals surface area contributed by atoms with Crippen LogP contribution < -0.4 is 0 Å². The van der Waals surface area contributed by atoms with Crippen LogP contribution in [0.3, 0.4) is 0 Å². The van der Waals surface area contributed by atoms with Gasteiger partial charge in [0.15, 0.2) is 6.54 Å². The molecule has 2 aliphatic heterocycles. The third-order valence-corrected chi connectivity index (χ3v) is 7.59. The maximum atomic E-state index is 2.36. The highest BCUT2D eigenvalue weighted by Crippen LogP contribution is 2.40. The number of hydrogen-bond acceptors (Lipinski definition) is 3. The average Bonchev–Trinajstić information content (AvgIpc) is 3.39. The van der Waals surface area contributed by atoms with Crippen molar-refractivity contribution in [1.29, 1.82) is 0 Å². The molecule has 4 rings (SSSR count). The van der Waals surface area contributed by atoms with E-state index in [4.69, 9.17) is 0 Å². The molecule has 1 aliphatic carbocycles. The molecule has 0 unspecified atom stereocenters. The molecule has 0 aromatic heterocycles. The fourth-order valence-corrected chi connectivity index (χ4v) is 5.84. The summed E-state index contributed by atoms with van der Waals surface area (Å²) in [6.45, 7) is 2.30. The van der Waals surface area contributed by atoms with Crippen LogP contribution >= 0.6 is 23.5 Å². The number of thioether (sulfide) groups is 2. The highest BCUT2D eigenvalue weighted by Gasteiger charge is 2.21. The molecule has 1 fully saturated rings. The van der Waals surface area contributed by atoms with Gasteiger partial charge in [0.1, 0.15) is 7.05 Å². The Bertz CT molecular complexity index is 860. The Morgan fingerprint density at radius 3 is 2.56 bits per heavy atom. The summed E-state index contributed by atoms with van der Waals surface area (Å²) in [5.74, 6) is 2.40. The molecule has 1 aromatic carbocycles. The molecule has 3 aliphatic rings. The van der Waals surface area contributed by atoms with E-state index in [9.17, 15) is 0 Å². The first-order valence-corrected chi connectivity index (χ1v) is 11.6. The van der Waals surface area contributed by atoms with Crippen LogP contribution in [0, 0.1) is 0 Å². The van der Waals surface area contributed by atoms with Crippen LogP contribution in [0.25, 0.3) is 5.57 Å². The summed E-state index contributed by atoms with van der Waals surface area (Å²) in [4.78, 5) is 2.35. The van der Waals surface area contributed by atoms with Gasteiger partial charge >= 0.3 is 0 Å². The molecule has 1 saturated heterocycles. The van der Waals surface area contributed by atoms with Gasteiger partial charge in [0.05, 0.1) is 10.8 Å². The van der Waals surface area contributed by atoms with Crippen LogP contribution in [0.4, 0.5) is 0 Å². The summed E-state index contributed by atoms with van der Waals surface area (Å²) in [5, 5.41) is 2.77. The molecule has 0 amide bonds. The van der Waals surface area contributed by atoms with Crippen molar-refractivity contribution in [3.05, 3.63) is 76.4 Å². The maximum Gasteiger partial charge on any atom is 0.234 e. The van der Waals surface area contributed by atoms with Gasteiger partial charge in [-0.2, -0.15) is 0 Å². The van der Waals surface area contributed by atoms with Crippen molar-refractivity contribution in [2.24, 2.45) is 0 Å². The Hall–Kier alpha value is -1.65. The Balaban J connectivity index is 1.69. The van der Waals surface area contributed by atoms with Gasteiger partial charge in [-0.15, -0.1) is 11.8 Å². The molecule has 0 spiro atoms. The largest absolute Gasteiger partial charge is 0.369 e. The van der Waals surface area contributed by atoms with E-state index in [2.05, 4.69) is 78.2 Å². The lowest BCUT2D eigenvalue weighted by Gasteiger charge is -2.11. The van der Waals surface area contributed by atoms with Gasteiger partial charge in [-0.25, -0.2) is 4.58 Å². The van der Waals surface area contributed by atoms with E-state index < -0.39 is 0 Å². The van der Waals surface area contributed by atoms with E-state index >= 15 is 0 Å². The lowest BCUT2D eigenvalue weighted by molar-refractivity contribution is -0.485. The minimum atomic E-state index is 1.13. The summed E-state index contributed by atoms with van der Waals surface area (Å²) < 4.78 is 2.35. The van der Waals surface area contributed by atoms with Gasteiger partial charge < -0.3 is 4.90 Å². The van der Waals surface area contributed by atoms with Gasteiger partial charge in [-0.05, 0) is 41.2 Å². The normalized spacial score (nSPS) is 23.9. The first-order valence-electron chi connectivity index (χ1n) is 9.65. The average molecular weight is 396 g/mol. The van der Waals surface area contributed by atoms with Crippen LogP contribution in [0.1, 0.15) is 18.4 Å². The third-order valence-electron chi connectivity index (χ3n) is 5.33. The third kappa shape index (κ3) is 4.27. The van der Waals surface area contributed by atoms with Crippen LogP contribution in [0.15, 0.2) is 70.8 Å². The number of allylic oxidation sites excluding steroid dienone is 6. The summed E-state index contributed by atoms with van der Waals surface area (Å²) in [6, 6.07) is 10.9. The van der Waals surface area contributed by atoms with E-state index in [1.807, 2.05) is 23.5 Å². The Labute approximate surface area is 171 Å². The second kappa shape index (κ2) is 8.57. The van der Waals surface area contributed by atoms with Crippen molar-refractivity contribution in [2.75, 3.05) is 38.7 Å². The zero-order chi connectivity index (χ0) is 18.6. The summed E-state index contributed by atoms with van der Waals surface area (Å²) in [5.41, 5.74) is 5.70. The molecular weight excluding hydrogens is 368 g/mol. The molecule has 0 radical (unpaired) electrons. The number of rotatable bonds is 4. The van der Waals surface area contributed by atoms with Crippen molar-refractivity contribution in [2.45, 2.75) is 12.8 Å². The molecule has 0 bridgehead atoms. The van der Waals surface area contributed by atoms with Gasteiger partial charge in [0.25, 0.3) is 0 Å². The maximum absolute atomic E-state index is 2.36. The van der Waals surface area contributed by atoms with E-state index in [1.165, 1.54) is 43.9 Å². The smallest absolute Gasteiger partial charge is 0.234 e. The van der Waals surface area contributed by atoms with Crippen molar-refractivity contribution >= 4 is 34.1 Å². The molecule has 4 heteroatoms. The summed E-state index contributed by atoms with van der Waals surface area (Å²) in [6.07, 6.45) is 11.6. The molecule has 2 nitrogen and oxygen atoms in total. The zero-order valence-corrected chi connectivity index (χ0v) is 17.8. The fraction of sp³-hybridized carbons (Fsp3) is 0.348. The molecular formula is C23H27N2S2+. The summed E-state index contributed by atoms with van der Waals surface area (Å²) >= 11 is 3.92. The van der Waals surface area contributed by atoms with Crippen molar-refractivity contribution < 1.29 is 4.58 Å². The number of nitrogens with zero attached hydrogens (tertiary/aromatic N) is 2. The Kier molecular flexibility index (Phi) is 5.94. The zero-order valence-electron chi connectivity index (χ0n) is 16.1. The quantitative estimate of drug-likeness (QED) is 0.661. The highest BCUT2D eigenvalue weighted by atomic mass is 32.2. The molecule has 0 saturated carbocycles. The monoisotopic (exact) mass is 395 g/mol. The van der Waals surface area contributed by atoms with Crippen LogP contribution in [0.2, 0.25) is 0 Å². The van der Waals surface area contributed by atoms with Crippen LogP contribution in [-0.4, -0.2) is 53.2 Å². The lowest BCUT2D eigenvalue weighted by atomic mass is 9.98. The minimum Gasteiger partial charge on any atom is -0.369 e. The van der Waals surface area contributed by atoms with E-state index in [0.717, 1.165) is 25.9 Å². The molecule has 1 aromatic rings. The molecule has 27 heavy (non-hydrogen) atoms. The first-order chi connectivity index (χ1) is 13.2. The lowest BCUT2D eigenvalue weighted by Crippen LogP contribution is -2.10. The van der Waals surface area contributed by atoms with E-state index in [1.54, 1.807) is 0 Å². The fourth-order valence-electron chi connectivity index (χ4n) is 3.74. The van der Waals surface area contributed by atoms with Crippen molar-refractivity contribution in [3.8, 4) is 0 Å². The van der Waals surface area contributed by atoms with Crippen molar-refractivity contribution in [3.63, 3.8) is 0 Å². The van der Waals surface area contributed by atoms with E-state index in [-0.39, 0.29) is 0 Å². The molecule has 2 heterocycles. The van der Waals surface area contributed by atoms with Crippen LogP contribution in [-0.2, 0) is 0 Å². The predicted octanol–water partition coefficient (Wildman–Crippen LogP) is 5.02. The topological polar surface area (TPSA) is 6.25 Å². The highest BCUT2D eigenvalue weighted by molar-refractivity contribution is 8.14. The van der Waals surface area contributed by atoms with E-state index in [0.29, 0.717) is 0 Å². The second-order valence-electron chi connectivity index (χ2n) is 7.17. The molecule has 140 valence electrons. The number of hydrogen-bond donors (Lipinski definition) is 0. The Morgan fingerprint density at radius 2 is 1.85 bits per heavy atom. The first kappa shape index (κ1) is 18.7. The number of benzene rings is 1. The van der Waals surface area contributed by atoms with Gasteiger partial charge in [0.2, 0.25) is 5.04 Å². The molecule has 0 atom stereocenters. The SMILES string of the molecule is CN1CCS/C1=C/C=C1/CCC(/C=C/C2=[N+](C)CCS2)=C1c1ccccc1. The standard InChI is InChI=1S/C23H27N2S2/c1-24-14-16-26-21(24)12-10-19-8-9-20(11-13-22-25(2)15-17-27-22)23(19)18-6-4-3-5-7-18/h3-7,10-13H,8-9,14-17H2,1-2H3/q+1. The molecule has 0 N–H and O–H groups in total. The van der Waals surface area contributed by atoms with Gasteiger partial charge in [-0.3, -0.25) is 0 Å². The van der Waals surface area contributed by atoms with Gasteiger partial charge in [0, 0.05) is 25.4 Å². The Morgan fingerprint density at radius 1 is 1.00 bits per heavy atom. The predicted molar refractivity (Wildman–Crippen MR) is 122 cm³/mol. The van der Waals surface area contributed by atoms with Gasteiger partial charge in [-0.1, -0.05) is 54.2 Å². The van der Waals surface area contributed by atoms with Crippen molar-refractivity contribution in [1.82, 2.24) is 4.90 Å².